The van der Waals surface area contributed by atoms with E-state index >= 15 is 0 Å². The van der Waals surface area contributed by atoms with Gasteiger partial charge in [-0.2, -0.15) is 5.10 Å². The predicted octanol–water partition coefficient (Wildman–Crippen LogP) is 4.58. The maximum atomic E-state index is 14.8. The lowest BCUT2D eigenvalue weighted by molar-refractivity contribution is 0.386. The molecule has 2 aromatic carbocycles. The Kier molecular flexibility index (Phi) is 6.05. The molecule has 5 nitrogen and oxygen atoms in total. The fourth-order valence-electron chi connectivity index (χ4n) is 4.22. The van der Waals surface area contributed by atoms with Crippen LogP contribution in [0.5, 0.6) is 0 Å². The van der Waals surface area contributed by atoms with Gasteiger partial charge in [0.2, 0.25) is 0 Å². The number of halogens is 1. The Bertz CT molecular complexity index is 1160. The number of benzene rings is 2. The Morgan fingerprint density at radius 1 is 0.938 bits per heavy atom. The van der Waals surface area contributed by atoms with E-state index < -0.39 is 0 Å². The van der Waals surface area contributed by atoms with Gasteiger partial charge in [-0.15, -0.1) is 0 Å². The molecule has 0 spiro atoms. The number of piperidine rings is 1. The van der Waals surface area contributed by atoms with Crippen LogP contribution in [-0.4, -0.2) is 33.9 Å². The smallest absolute Gasteiger partial charge is 0.132 e. The molecular weight excluding hydrogens is 401 g/mol. The van der Waals surface area contributed by atoms with E-state index in [1.165, 1.54) is 6.07 Å². The highest BCUT2D eigenvalue weighted by molar-refractivity contribution is 5.67. The largest absolute Gasteiger partial charge is 0.317 e. The Labute approximate surface area is 187 Å². The third kappa shape index (κ3) is 4.33. The molecule has 0 saturated carbocycles. The molecule has 32 heavy (non-hydrogen) atoms. The fraction of sp³-hybridized carbons (Fsp3) is 0.231. The molecule has 0 unspecified atom stereocenters. The van der Waals surface area contributed by atoms with Crippen molar-refractivity contribution in [2.45, 2.75) is 25.4 Å². The lowest BCUT2D eigenvalue weighted by Crippen LogP contribution is -2.39. The second-order valence-corrected chi connectivity index (χ2v) is 8.08. The van der Waals surface area contributed by atoms with Crippen LogP contribution in [0.15, 0.2) is 79.1 Å². The molecule has 1 aliphatic heterocycles. The van der Waals surface area contributed by atoms with Gasteiger partial charge in [-0.3, -0.25) is 4.98 Å². The minimum absolute atomic E-state index is 0.258. The number of aromatic nitrogens is 3. The highest BCUT2D eigenvalue weighted by Gasteiger charge is 2.19. The van der Waals surface area contributed by atoms with Gasteiger partial charge in [0, 0.05) is 29.3 Å². The van der Waals surface area contributed by atoms with E-state index in [2.05, 4.69) is 20.7 Å². The average Bonchev–Trinajstić information content (AvgIpc) is 3.28. The fourth-order valence-corrected chi connectivity index (χ4v) is 4.22. The van der Waals surface area contributed by atoms with E-state index in [0.717, 1.165) is 54.1 Å². The zero-order chi connectivity index (χ0) is 21.8. The van der Waals surface area contributed by atoms with Gasteiger partial charge in [0.1, 0.15) is 5.82 Å². The number of hydrogen-bond acceptors (Lipinski definition) is 4. The zero-order valence-electron chi connectivity index (χ0n) is 17.8. The van der Waals surface area contributed by atoms with Crippen LogP contribution in [0, 0.1) is 5.82 Å². The highest BCUT2D eigenvalue weighted by atomic mass is 19.1. The summed E-state index contributed by atoms with van der Waals surface area (Å²) in [6, 6.07) is 21.3. The second-order valence-electron chi connectivity index (χ2n) is 8.08. The second kappa shape index (κ2) is 9.42. The monoisotopic (exact) mass is 427 g/mol. The maximum absolute atomic E-state index is 14.8. The lowest BCUT2D eigenvalue weighted by atomic mass is 10.0. The van der Waals surface area contributed by atoms with Crippen molar-refractivity contribution >= 4 is 0 Å². The van der Waals surface area contributed by atoms with Crippen molar-refractivity contribution in [1.82, 2.24) is 25.4 Å². The molecule has 2 aromatic heterocycles. The van der Waals surface area contributed by atoms with Gasteiger partial charge in [0.15, 0.2) is 0 Å². The first-order valence-electron chi connectivity index (χ1n) is 11.1. The molecule has 6 heteroatoms. The highest BCUT2D eigenvalue weighted by Crippen LogP contribution is 2.29. The summed E-state index contributed by atoms with van der Waals surface area (Å²) in [6.45, 7) is 2.69. The van der Waals surface area contributed by atoms with Crippen molar-refractivity contribution < 1.29 is 4.39 Å². The minimum atomic E-state index is -0.258. The summed E-state index contributed by atoms with van der Waals surface area (Å²) < 4.78 is 16.6. The molecule has 1 fully saturated rings. The molecule has 3 heterocycles. The molecule has 4 aromatic rings. The molecule has 1 aliphatic rings. The van der Waals surface area contributed by atoms with E-state index in [1.807, 2.05) is 60.8 Å². The van der Waals surface area contributed by atoms with Crippen LogP contribution < -0.4 is 10.6 Å². The van der Waals surface area contributed by atoms with Crippen molar-refractivity contribution in [2.24, 2.45) is 0 Å². The minimum Gasteiger partial charge on any atom is -0.317 e. The van der Waals surface area contributed by atoms with E-state index in [-0.39, 0.29) is 5.82 Å². The van der Waals surface area contributed by atoms with Gasteiger partial charge in [-0.05, 0) is 50.2 Å². The quantitative estimate of drug-likeness (QED) is 0.473. The molecule has 162 valence electrons. The van der Waals surface area contributed by atoms with E-state index in [4.69, 9.17) is 0 Å². The molecule has 0 atom stereocenters. The Balaban J connectivity index is 1.49. The van der Waals surface area contributed by atoms with Crippen LogP contribution in [0.1, 0.15) is 18.4 Å². The van der Waals surface area contributed by atoms with Crippen LogP contribution in [0.4, 0.5) is 4.39 Å². The number of hydrogen-bond donors (Lipinski definition) is 2. The number of rotatable bonds is 6. The summed E-state index contributed by atoms with van der Waals surface area (Å²) in [7, 11) is 0. The first-order chi connectivity index (χ1) is 15.8. The first-order valence-corrected chi connectivity index (χ1v) is 11.1. The van der Waals surface area contributed by atoms with Gasteiger partial charge in [-0.1, -0.05) is 42.5 Å². The SMILES string of the molecule is Fc1ccccc1-c1c(CNC2CCNCC2)cnn1-c1ccc(-c2ccccc2)nc1. The zero-order valence-corrected chi connectivity index (χ0v) is 17.8. The Hall–Kier alpha value is -3.35. The van der Waals surface area contributed by atoms with Crippen LogP contribution in [-0.2, 0) is 6.54 Å². The van der Waals surface area contributed by atoms with Gasteiger partial charge in [0.05, 0.1) is 29.5 Å². The van der Waals surface area contributed by atoms with Crippen LogP contribution in [0.25, 0.3) is 28.2 Å². The maximum Gasteiger partial charge on any atom is 0.132 e. The summed E-state index contributed by atoms with van der Waals surface area (Å²) in [6.07, 6.45) is 5.81. The molecule has 0 amide bonds. The summed E-state index contributed by atoms with van der Waals surface area (Å²) >= 11 is 0. The van der Waals surface area contributed by atoms with Crippen molar-refractivity contribution in [3.05, 3.63) is 90.5 Å². The van der Waals surface area contributed by atoms with Crippen LogP contribution in [0.2, 0.25) is 0 Å². The molecule has 2 N–H and O–H groups in total. The molecule has 0 bridgehead atoms. The number of nitrogens with zero attached hydrogens (tertiary/aromatic N) is 3. The third-order valence-corrected chi connectivity index (χ3v) is 5.96. The topological polar surface area (TPSA) is 54.8 Å². The number of nitrogens with one attached hydrogen (secondary N) is 2. The summed E-state index contributed by atoms with van der Waals surface area (Å²) in [5, 5.41) is 11.6. The van der Waals surface area contributed by atoms with Crippen LogP contribution >= 0.6 is 0 Å². The summed E-state index contributed by atoms with van der Waals surface area (Å²) in [5.74, 6) is -0.258. The van der Waals surface area contributed by atoms with Crippen molar-refractivity contribution in [3.63, 3.8) is 0 Å². The molecule has 0 radical (unpaired) electrons. The normalized spacial score (nSPS) is 14.5. The standard InChI is InChI=1S/C26H26FN5/c27-24-9-5-4-8-23(24)26-20(16-29-21-12-14-28-15-13-21)17-31-32(26)22-10-11-25(30-18-22)19-6-2-1-3-7-19/h1-11,17-18,21,28-29H,12-16H2. The summed E-state index contributed by atoms with van der Waals surface area (Å²) in [4.78, 5) is 4.63. The lowest BCUT2D eigenvalue weighted by Gasteiger charge is -2.23. The van der Waals surface area contributed by atoms with Crippen molar-refractivity contribution in [2.75, 3.05) is 13.1 Å². The van der Waals surface area contributed by atoms with Crippen molar-refractivity contribution in [1.29, 1.82) is 0 Å². The van der Waals surface area contributed by atoms with Crippen LogP contribution in [0.3, 0.4) is 0 Å². The van der Waals surface area contributed by atoms with Gasteiger partial charge in [0.25, 0.3) is 0 Å². The average molecular weight is 428 g/mol. The van der Waals surface area contributed by atoms with E-state index in [0.29, 0.717) is 18.2 Å². The third-order valence-electron chi connectivity index (χ3n) is 5.96. The first kappa shape index (κ1) is 20.5. The molecule has 0 aliphatic carbocycles. The molecule has 5 rings (SSSR count). The van der Waals surface area contributed by atoms with E-state index in [9.17, 15) is 4.39 Å². The molecular formula is C26H26FN5. The Morgan fingerprint density at radius 3 is 2.47 bits per heavy atom. The number of pyridine rings is 1. The van der Waals surface area contributed by atoms with Crippen molar-refractivity contribution in [3.8, 4) is 28.2 Å². The van der Waals surface area contributed by atoms with Gasteiger partial charge in [-0.25, -0.2) is 9.07 Å². The van der Waals surface area contributed by atoms with Gasteiger partial charge >= 0.3 is 0 Å². The summed E-state index contributed by atoms with van der Waals surface area (Å²) in [5.41, 5.74) is 5.03. The predicted molar refractivity (Wildman–Crippen MR) is 125 cm³/mol. The van der Waals surface area contributed by atoms with E-state index in [1.54, 1.807) is 16.9 Å². The van der Waals surface area contributed by atoms with Gasteiger partial charge < -0.3 is 10.6 Å². The molecule has 1 saturated heterocycles. The Morgan fingerprint density at radius 2 is 1.72 bits per heavy atom.